The molecule has 1 atom stereocenters. The Hall–Kier alpha value is -2.37. The molecule has 6 nitrogen and oxygen atoms in total. The Balaban J connectivity index is 1.82. The van der Waals surface area contributed by atoms with Crippen LogP contribution in [0.2, 0.25) is 0 Å². The Morgan fingerprint density at radius 1 is 1.23 bits per heavy atom. The summed E-state index contributed by atoms with van der Waals surface area (Å²) in [5.74, 6) is -0.828. The lowest BCUT2D eigenvalue weighted by atomic mass is 9.99. The van der Waals surface area contributed by atoms with Crippen molar-refractivity contribution in [3.8, 4) is 0 Å². The molecule has 0 bridgehead atoms. The van der Waals surface area contributed by atoms with Crippen LogP contribution in [0.3, 0.4) is 0 Å². The molecule has 0 saturated carbocycles. The van der Waals surface area contributed by atoms with E-state index in [1.807, 2.05) is 30.3 Å². The van der Waals surface area contributed by atoms with Crippen LogP contribution in [0.25, 0.3) is 0 Å². The molecule has 1 fully saturated rings. The van der Waals surface area contributed by atoms with Gasteiger partial charge in [-0.05, 0) is 18.4 Å². The third kappa shape index (κ3) is 4.58. The number of benzene rings is 1. The van der Waals surface area contributed by atoms with Crippen LogP contribution in [0.4, 0.5) is 4.79 Å². The molecule has 1 aliphatic heterocycles. The standard InChI is InChI=1S/C16H19NO5/c18-9-10-21-15(19)14-7-4-8-17(11-14)16(20)22-12-13-5-2-1-3-6-13/h1-3,5-6,9,14H,4,7-8,10-12H2. The molecule has 1 amide bonds. The number of esters is 1. The molecule has 0 aromatic heterocycles. The molecular weight excluding hydrogens is 286 g/mol. The second kappa shape index (κ2) is 8.17. The monoisotopic (exact) mass is 305 g/mol. The van der Waals surface area contributed by atoms with Gasteiger partial charge in [0.1, 0.15) is 13.2 Å². The molecule has 1 saturated heterocycles. The Labute approximate surface area is 129 Å². The summed E-state index contributed by atoms with van der Waals surface area (Å²) >= 11 is 0. The van der Waals surface area contributed by atoms with Crippen molar-refractivity contribution in [3.05, 3.63) is 35.9 Å². The number of hydrogen-bond donors (Lipinski definition) is 0. The van der Waals surface area contributed by atoms with Crippen molar-refractivity contribution in [3.63, 3.8) is 0 Å². The van der Waals surface area contributed by atoms with E-state index in [-0.39, 0.29) is 19.8 Å². The number of carbonyl (C=O) groups is 3. The molecule has 0 radical (unpaired) electrons. The summed E-state index contributed by atoms with van der Waals surface area (Å²) in [5, 5.41) is 0. The molecule has 1 aromatic rings. The summed E-state index contributed by atoms with van der Waals surface area (Å²) in [6.45, 7) is 0.792. The number of amides is 1. The normalized spacial score (nSPS) is 17.6. The maximum absolute atomic E-state index is 12.0. The summed E-state index contributed by atoms with van der Waals surface area (Å²) in [6.07, 6.45) is 1.46. The van der Waals surface area contributed by atoms with E-state index in [1.165, 1.54) is 4.90 Å². The first kappa shape index (κ1) is 16.0. The van der Waals surface area contributed by atoms with Crippen molar-refractivity contribution in [2.24, 2.45) is 5.92 Å². The lowest BCUT2D eigenvalue weighted by Crippen LogP contribution is -2.43. The summed E-state index contributed by atoms with van der Waals surface area (Å²) in [5.41, 5.74) is 0.912. The van der Waals surface area contributed by atoms with Gasteiger partial charge in [0.2, 0.25) is 0 Å². The fourth-order valence-electron chi connectivity index (χ4n) is 2.38. The molecule has 1 unspecified atom stereocenters. The zero-order chi connectivity index (χ0) is 15.8. The number of ether oxygens (including phenoxy) is 2. The van der Waals surface area contributed by atoms with Crippen LogP contribution in [-0.4, -0.2) is 42.9 Å². The molecular formula is C16H19NO5. The zero-order valence-electron chi connectivity index (χ0n) is 12.3. The molecule has 2 rings (SSSR count). The number of aldehydes is 1. The van der Waals surface area contributed by atoms with Gasteiger partial charge in [-0.15, -0.1) is 0 Å². The van der Waals surface area contributed by atoms with Gasteiger partial charge in [0.15, 0.2) is 6.29 Å². The highest BCUT2D eigenvalue weighted by molar-refractivity contribution is 5.76. The summed E-state index contributed by atoms with van der Waals surface area (Å²) in [6, 6.07) is 9.41. The van der Waals surface area contributed by atoms with E-state index in [9.17, 15) is 14.4 Å². The average Bonchev–Trinajstić information content (AvgIpc) is 2.58. The largest absolute Gasteiger partial charge is 0.458 e. The summed E-state index contributed by atoms with van der Waals surface area (Å²) in [4.78, 5) is 35.5. The van der Waals surface area contributed by atoms with Crippen LogP contribution in [0.5, 0.6) is 0 Å². The van der Waals surface area contributed by atoms with Crippen LogP contribution in [0.1, 0.15) is 18.4 Å². The summed E-state index contributed by atoms with van der Waals surface area (Å²) in [7, 11) is 0. The number of hydrogen-bond acceptors (Lipinski definition) is 5. The van der Waals surface area contributed by atoms with Gasteiger partial charge in [-0.1, -0.05) is 30.3 Å². The van der Waals surface area contributed by atoms with Gasteiger partial charge < -0.3 is 14.4 Å². The Morgan fingerprint density at radius 3 is 2.73 bits per heavy atom. The lowest BCUT2D eigenvalue weighted by Gasteiger charge is -2.30. The highest BCUT2D eigenvalue weighted by Gasteiger charge is 2.30. The topological polar surface area (TPSA) is 72.9 Å². The Morgan fingerprint density at radius 2 is 2.00 bits per heavy atom. The molecule has 6 heteroatoms. The number of rotatable bonds is 5. The molecule has 0 aliphatic carbocycles. The van der Waals surface area contributed by atoms with E-state index in [0.717, 1.165) is 5.56 Å². The first-order valence-corrected chi connectivity index (χ1v) is 7.26. The van der Waals surface area contributed by atoms with E-state index in [1.54, 1.807) is 0 Å². The fraction of sp³-hybridized carbons (Fsp3) is 0.438. The second-order valence-corrected chi connectivity index (χ2v) is 5.12. The molecule has 0 N–H and O–H groups in total. The van der Waals surface area contributed by atoms with Gasteiger partial charge in [0, 0.05) is 13.1 Å². The number of carbonyl (C=O) groups excluding carboxylic acids is 3. The molecule has 1 aromatic carbocycles. The van der Waals surface area contributed by atoms with E-state index in [0.29, 0.717) is 25.7 Å². The predicted octanol–water partition coefficient (Wildman–Crippen LogP) is 1.78. The van der Waals surface area contributed by atoms with Gasteiger partial charge in [-0.2, -0.15) is 0 Å². The third-order valence-electron chi connectivity index (χ3n) is 3.51. The minimum absolute atomic E-state index is 0.205. The van der Waals surface area contributed by atoms with Gasteiger partial charge in [0.25, 0.3) is 0 Å². The van der Waals surface area contributed by atoms with Crippen molar-refractivity contribution < 1.29 is 23.9 Å². The SMILES string of the molecule is O=CCOC(=O)C1CCCN(C(=O)OCc2ccccc2)C1. The van der Waals surface area contributed by atoms with Gasteiger partial charge in [-0.25, -0.2) is 4.79 Å². The fourth-order valence-corrected chi connectivity index (χ4v) is 2.38. The van der Waals surface area contributed by atoms with Crippen molar-refractivity contribution >= 4 is 18.3 Å². The molecule has 1 aliphatic rings. The van der Waals surface area contributed by atoms with Crippen LogP contribution < -0.4 is 0 Å². The Bertz CT molecular complexity index is 517. The molecule has 22 heavy (non-hydrogen) atoms. The second-order valence-electron chi connectivity index (χ2n) is 5.12. The maximum atomic E-state index is 12.0. The van der Waals surface area contributed by atoms with Crippen LogP contribution in [0.15, 0.2) is 30.3 Å². The van der Waals surface area contributed by atoms with Crippen LogP contribution >= 0.6 is 0 Å². The predicted molar refractivity (Wildman–Crippen MR) is 77.9 cm³/mol. The van der Waals surface area contributed by atoms with Crippen LogP contribution in [-0.2, 0) is 25.7 Å². The van der Waals surface area contributed by atoms with Crippen LogP contribution in [0, 0.1) is 5.92 Å². The minimum atomic E-state index is -0.437. The summed E-state index contributed by atoms with van der Waals surface area (Å²) < 4.78 is 10.1. The quantitative estimate of drug-likeness (QED) is 0.612. The highest BCUT2D eigenvalue weighted by Crippen LogP contribution is 2.19. The molecule has 118 valence electrons. The van der Waals surface area contributed by atoms with E-state index < -0.39 is 18.0 Å². The van der Waals surface area contributed by atoms with E-state index in [4.69, 9.17) is 9.47 Å². The maximum Gasteiger partial charge on any atom is 0.410 e. The van der Waals surface area contributed by atoms with E-state index >= 15 is 0 Å². The first-order valence-electron chi connectivity index (χ1n) is 7.26. The zero-order valence-corrected chi connectivity index (χ0v) is 12.3. The van der Waals surface area contributed by atoms with Gasteiger partial charge in [0.05, 0.1) is 5.92 Å². The number of nitrogens with zero attached hydrogens (tertiary/aromatic N) is 1. The van der Waals surface area contributed by atoms with Crippen molar-refractivity contribution in [1.82, 2.24) is 4.90 Å². The number of likely N-dealkylation sites (tertiary alicyclic amines) is 1. The van der Waals surface area contributed by atoms with Crippen molar-refractivity contribution in [2.45, 2.75) is 19.4 Å². The van der Waals surface area contributed by atoms with Gasteiger partial charge in [-0.3, -0.25) is 9.59 Å². The molecule has 1 heterocycles. The van der Waals surface area contributed by atoms with Crippen molar-refractivity contribution in [1.29, 1.82) is 0 Å². The number of piperidine rings is 1. The third-order valence-corrected chi connectivity index (χ3v) is 3.51. The molecule has 0 spiro atoms. The highest BCUT2D eigenvalue weighted by atomic mass is 16.6. The average molecular weight is 305 g/mol. The lowest BCUT2D eigenvalue weighted by molar-refractivity contribution is -0.151. The Kier molecular flexibility index (Phi) is 5.94. The van der Waals surface area contributed by atoms with Crippen molar-refractivity contribution in [2.75, 3.05) is 19.7 Å². The van der Waals surface area contributed by atoms with Gasteiger partial charge >= 0.3 is 12.1 Å². The van der Waals surface area contributed by atoms with E-state index in [2.05, 4.69) is 0 Å². The smallest absolute Gasteiger partial charge is 0.410 e. The minimum Gasteiger partial charge on any atom is -0.458 e. The first-order chi connectivity index (χ1) is 10.7.